The van der Waals surface area contributed by atoms with E-state index >= 15 is 0 Å². The summed E-state index contributed by atoms with van der Waals surface area (Å²) in [6.45, 7) is 5.30. The Bertz CT molecular complexity index is 1820. The summed E-state index contributed by atoms with van der Waals surface area (Å²) in [5, 5.41) is 13.9. The molecule has 0 spiro atoms. The van der Waals surface area contributed by atoms with Crippen molar-refractivity contribution in [3.05, 3.63) is 89.1 Å². The number of amides is 1. The Hall–Kier alpha value is -4.36. The van der Waals surface area contributed by atoms with Crippen LogP contribution in [-0.4, -0.2) is 40.5 Å². The van der Waals surface area contributed by atoms with Crippen molar-refractivity contribution in [3.63, 3.8) is 0 Å². The number of benzene rings is 3. The van der Waals surface area contributed by atoms with E-state index in [1.807, 2.05) is 62.5 Å². The standard InChI is InChI=1S/C38H41N3O4/c1-38(2,34-20-28(22-39-34)25-11-9-24(23-42)10-12-25)40-37(43)27-13-15-30-32(19-27)41-17-18-45-33-21-29(44-3)14-16-31(33)36(41)35(30)26-7-5-4-6-8-26/h9-16,19,21-22,26,42H,4-8,17-18,20,23H2,1-3H3,(H,40,43). The summed E-state index contributed by atoms with van der Waals surface area (Å²) < 4.78 is 14.2. The lowest BCUT2D eigenvalue weighted by Gasteiger charge is -2.27. The molecule has 2 N–H and O–H groups in total. The normalized spacial score (nSPS) is 16.7. The molecule has 0 atom stereocenters. The highest BCUT2D eigenvalue weighted by molar-refractivity contribution is 6.08. The molecule has 1 aliphatic carbocycles. The van der Waals surface area contributed by atoms with Gasteiger partial charge in [-0.15, -0.1) is 0 Å². The maximum absolute atomic E-state index is 13.8. The zero-order valence-electron chi connectivity index (χ0n) is 26.4. The fourth-order valence-electron chi connectivity index (χ4n) is 7.28. The smallest absolute Gasteiger partial charge is 0.252 e. The van der Waals surface area contributed by atoms with Crippen LogP contribution in [0.25, 0.3) is 27.7 Å². The first-order chi connectivity index (χ1) is 21.9. The lowest BCUT2D eigenvalue weighted by Crippen LogP contribution is -2.49. The fourth-order valence-corrected chi connectivity index (χ4v) is 7.28. The lowest BCUT2D eigenvalue weighted by atomic mass is 9.81. The van der Waals surface area contributed by atoms with Gasteiger partial charge in [0.25, 0.3) is 5.91 Å². The zero-order valence-corrected chi connectivity index (χ0v) is 26.4. The van der Waals surface area contributed by atoms with E-state index in [0.29, 0.717) is 31.1 Å². The molecule has 2 aliphatic heterocycles. The summed E-state index contributed by atoms with van der Waals surface area (Å²) in [6.07, 6.45) is 8.68. The molecule has 1 amide bonds. The number of hydrogen-bond donors (Lipinski definition) is 2. The summed E-state index contributed by atoms with van der Waals surface area (Å²) in [7, 11) is 1.68. The second-order valence-corrected chi connectivity index (χ2v) is 13.0. The summed E-state index contributed by atoms with van der Waals surface area (Å²) in [5.74, 6) is 2.00. The number of nitrogens with zero attached hydrogens (tertiary/aromatic N) is 2. The van der Waals surface area contributed by atoms with Crippen molar-refractivity contribution in [2.24, 2.45) is 4.99 Å². The Labute approximate surface area is 264 Å². The van der Waals surface area contributed by atoms with Gasteiger partial charge in [-0.2, -0.15) is 0 Å². The number of carbonyl (C=O) groups is 1. The molecule has 3 heterocycles. The van der Waals surface area contributed by atoms with Gasteiger partial charge in [0.1, 0.15) is 18.1 Å². The highest BCUT2D eigenvalue weighted by Gasteiger charge is 2.32. The molecule has 4 aromatic rings. The van der Waals surface area contributed by atoms with E-state index in [1.54, 1.807) is 7.11 Å². The van der Waals surface area contributed by atoms with Gasteiger partial charge in [0.2, 0.25) is 0 Å². The van der Waals surface area contributed by atoms with Crippen LogP contribution in [0.4, 0.5) is 0 Å². The highest BCUT2D eigenvalue weighted by atomic mass is 16.5. The number of aliphatic hydroxyl groups is 1. The molecule has 1 fully saturated rings. The van der Waals surface area contributed by atoms with Gasteiger partial charge in [0, 0.05) is 46.4 Å². The Morgan fingerprint density at radius 2 is 1.87 bits per heavy atom. The predicted octanol–water partition coefficient (Wildman–Crippen LogP) is 7.64. The minimum absolute atomic E-state index is 0.0240. The van der Waals surface area contributed by atoms with Crippen LogP contribution >= 0.6 is 0 Å². The largest absolute Gasteiger partial charge is 0.497 e. The molecule has 45 heavy (non-hydrogen) atoms. The van der Waals surface area contributed by atoms with Crippen LogP contribution in [0.1, 0.15) is 85.3 Å². The van der Waals surface area contributed by atoms with E-state index in [2.05, 4.69) is 28.1 Å². The molecule has 1 aromatic heterocycles. The Morgan fingerprint density at radius 1 is 1.07 bits per heavy atom. The number of methoxy groups -OCH3 is 1. The Balaban J connectivity index is 1.20. The molecule has 1 saturated carbocycles. The molecular weight excluding hydrogens is 562 g/mol. The molecule has 0 saturated heterocycles. The van der Waals surface area contributed by atoms with Gasteiger partial charge in [0.15, 0.2) is 0 Å². The van der Waals surface area contributed by atoms with Crippen LogP contribution < -0.4 is 14.8 Å². The van der Waals surface area contributed by atoms with Crippen LogP contribution in [0.15, 0.2) is 71.9 Å². The monoisotopic (exact) mass is 603 g/mol. The minimum Gasteiger partial charge on any atom is -0.497 e. The zero-order chi connectivity index (χ0) is 31.1. The molecule has 232 valence electrons. The lowest BCUT2D eigenvalue weighted by molar-refractivity contribution is 0.0931. The van der Waals surface area contributed by atoms with Crippen molar-refractivity contribution >= 4 is 28.1 Å². The number of nitrogens with one attached hydrogen (secondary N) is 1. The van der Waals surface area contributed by atoms with Crippen molar-refractivity contribution in [1.82, 2.24) is 9.88 Å². The molecule has 3 aromatic carbocycles. The first-order valence-electron chi connectivity index (χ1n) is 16.1. The summed E-state index contributed by atoms with van der Waals surface area (Å²) >= 11 is 0. The Morgan fingerprint density at radius 3 is 2.62 bits per heavy atom. The molecular formula is C38H41N3O4. The number of aliphatic hydroxyl groups excluding tert-OH is 1. The van der Waals surface area contributed by atoms with Gasteiger partial charge in [-0.1, -0.05) is 49.6 Å². The quantitative estimate of drug-likeness (QED) is 0.227. The van der Waals surface area contributed by atoms with Crippen LogP contribution in [0.2, 0.25) is 0 Å². The van der Waals surface area contributed by atoms with Crippen molar-refractivity contribution in [2.45, 2.75) is 77.0 Å². The van der Waals surface area contributed by atoms with E-state index in [9.17, 15) is 9.90 Å². The van der Waals surface area contributed by atoms with Gasteiger partial charge < -0.3 is 24.5 Å². The fraction of sp³-hybridized carbons (Fsp3) is 0.368. The third-order valence-corrected chi connectivity index (χ3v) is 9.78. The van der Waals surface area contributed by atoms with Crippen molar-refractivity contribution < 1.29 is 19.4 Å². The van der Waals surface area contributed by atoms with Crippen LogP contribution in [-0.2, 0) is 13.2 Å². The number of aromatic nitrogens is 1. The molecule has 7 heteroatoms. The Kier molecular flexibility index (Phi) is 7.74. The molecule has 3 aliphatic rings. The van der Waals surface area contributed by atoms with Gasteiger partial charge in [-0.05, 0) is 79.1 Å². The maximum Gasteiger partial charge on any atom is 0.252 e. The third-order valence-electron chi connectivity index (χ3n) is 9.78. The number of ether oxygens (including phenoxy) is 2. The van der Waals surface area contributed by atoms with E-state index in [4.69, 9.17) is 14.5 Å². The first kappa shape index (κ1) is 29.4. The molecule has 0 unspecified atom stereocenters. The molecule has 0 bridgehead atoms. The van der Waals surface area contributed by atoms with E-state index in [-0.39, 0.29) is 12.5 Å². The van der Waals surface area contributed by atoms with Gasteiger partial charge >= 0.3 is 0 Å². The minimum atomic E-state index is -0.634. The summed E-state index contributed by atoms with van der Waals surface area (Å²) in [4.78, 5) is 18.6. The number of allylic oxidation sites excluding steroid dienone is 1. The average molecular weight is 604 g/mol. The topological polar surface area (TPSA) is 85.1 Å². The number of hydrogen-bond acceptors (Lipinski definition) is 5. The number of rotatable bonds is 7. The van der Waals surface area contributed by atoms with E-state index < -0.39 is 5.54 Å². The van der Waals surface area contributed by atoms with Crippen LogP contribution in [0, 0.1) is 0 Å². The molecule has 7 rings (SSSR count). The molecule has 0 radical (unpaired) electrons. The van der Waals surface area contributed by atoms with Crippen molar-refractivity contribution in [2.75, 3.05) is 13.7 Å². The second kappa shape index (κ2) is 11.9. The van der Waals surface area contributed by atoms with Gasteiger partial charge in [-0.25, -0.2) is 0 Å². The molecule has 7 nitrogen and oxygen atoms in total. The number of fused-ring (bicyclic) bond motifs is 5. The van der Waals surface area contributed by atoms with Crippen molar-refractivity contribution in [3.8, 4) is 22.8 Å². The van der Waals surface area contributed by atoms with E-state index in [0.717, 1.165) is 45.0 Å². The predicted molar refractivity (Wildman–Crippen MR) is 179 cm³/mol. The van der Waals surface area contributed by atoms with Crippen LogP contribution in [0.5, 0.6) is 11.5 Å². The van der Waals surface area contributed by atoms with Gasteiger partial charge in [0.05, 0.1) is 31.5 Å². The number of aliphatic imine (C=N–C) groups is 1. The summed E-state index contributed by atoms with van der Waals surface area (Å²) in [5.41, 5.74) is 8.75. The van der Waals surface area contributed by atoms with Crippen molar-refractivity contribution in [1.29, 1.82) is 0 Å². The SMILES string of the molecule is COc1ccc2c(c1)OCCn1c-2c(C2CCCCC2)c2ccc(C(=O)NC(C)(C)C3=NC=C(c4ccc(CO)cc4)C3)cc21. The maximum atomic E-state index is 13.8. The highest BCUT2D eigenvalue weighted by Crippen LogP contribution is 2.47. The van der Waals surface area contributed by atoms with E-state index in [1.165, 1.54) is 48.7 Å². The second-order valence-electron chi connectivity index (χ2n) is 13.0. The number of carbonyl (C=O) groups excluding carboxylic acids is 1. The first-order valence-corrected chi connectivity index (χ1v) is 16.1. The average Bonchev–Trinajstić information content (AvgIpc) is 3.64. The van der Waals surface area contributed by atoms with Crippen LogP contribution in [0.3, 0.4) is 0 Å². The summed E-state index contributed by atoms with van der Waals surface area (Å²) in [6, 6.07) is 20.2. The third kappa shape index (κ3) is 5.44. The van der Waals surface area contributed by atoms with Gasteiger partial charge in [-0.3, -0.25) is 9.79 Å².